The van der Waals surface area contributed by atoms with Gasteiger partial charge in [-0.25, -0.2) is 4.98 Å². The maximum Gasteiger partial charge on any atom is 0.389 e. The summed E-state index contributed by atoms with van der Waals surface area (Å²) in [6.07, 6.45) is -3.89. The van der Waals surface area contributed by atoms with Crippen LogP contribution >= 0.6 is 0 Å². The molecule has 0 unspecified atom stereocenters. The number of hydrogen-bond acceptors (Lipinski definition) is 4. The molecular weight excluding hydrogens is 371 g/mol. The fourth-order valence-corrected chi connectivity index (χ4v) is 5.20. The summed E-state index contributed by atoms with van der Waals surface area (Å²) in [6, 6.07) is 4.12. The smallest absolute Gasteiger partial charge is 0.369 e. The second kappa shape index (κ2) is 6.90. The highest BCUT2D eigenvalue weighted by Crippen LogP contribution is 2.55. The van der Waals surface area contributed by atoms with E-state index in [1.165, 1.54) is 0 Å². The molecular formula is C20H26F3N3O2. The number of halogens is 3. The third-order valence-corrected chi connectivity index (χ3v) is 6.36. The lowest BCUT2D eigenvalue weighted by molar-refractivity contribution is -0.144. The largest absolute Gasteiger partial charge is 0.389 e. The van der Waals surface area contributed by atoms with E-state index in [0.29, 0.717) is 6.54 Å². The number of alkyl halides is 3. The number of aromatic nitrogens is 1. The lowest BCUT2D eigenvalue weighted by atomic mass is 9.73. The molecule has 0 aromatic carbocycles. The van der Waals surface area contributed by atoms with Gasteiger partial charge >= 0.3 is 6.18 Å². The fraction of sp³-hybridized carbons (Fsp3) is 0.700. The van der Waals surface area contributed by atoms with Crippen molar-refractivity contribution in [3.63, 3.8) is 0 Å². The van der Waals surface area contributed by atoms with Crippen LogP contribution in [0.25, 0.3) is 0 Å². The number of carbonyl (C=O) groups is 1. The molecule has 4 rings (SSSR count). The Morgan fingerprint density at radius 1 is 1.39 bits per heavy atom. The SMILES string of the molecule is Cc1cc(C)nc(N2C[C@@H]3[C@H](CNC(=O)CCC(F)(F)F)[C@H]4CC[C@]3(C2)O4)c1. The molecule has 4 heterocycles. The first-order chi connectivity index (χ1) is 13.2. The van der Waals surface area contributed by atoms with Crippen molar-refractivity contribution in [3.8, 4) is 0 Å². The summed E-state index contributed by atoms with van der Waals surface area (Å²) in [4.78, 5) is 18.7. The number of amides is 1. The van der Waals surface area contributed by atoms with Crippen LogP contribution in [0.5, 0.6) is 0 Å². The van der Waals surface area contributed by atoms with Gasteiger partial charge in [-0.2, -0.15) is 13.2 Å². The van der Waals surface area contributed by atoms with Gasteiger partial charge in [0.15, 0.2) is 0 Å². The zero-order chi connectivity index (χ0) is 20.1. The second-order valence-electron chi connectivity index (χ2n) is 8.47. The van der Waals surface area contributed by atoms with E-state index in [4.69, 9.17) is 4.74 Å². The van der Waals surface area contributed by atoms with Crippen molar-refractivity contribution in [2.24, 2.45) is 11.8 Å². The third-order valence-electron chi connectivity index (χ3n) is 6.36. The molecule has 28 heavy (non-hydrogen) atoms. The Morgan fingerprint density at radius 2 is 2.18 bits per heavy atom. The Kier molecular flexibility index (Phi) is 4.80. The minimum Gasteiger partial charge on any atom is -0.369 e. The van der Waals surface area contributed by atoms with Gasteiger partial charge in [-0.3, -0.25) is 4.79 Å². The first-order valence-corrected chi connectivity index (χ1v) is 9.87. The molecule has 1 aromatic heterocycles. The van der Waals surface area contributed by atoms with Crippen molar-refractivity contribution in [2.75, 3.05) is 24.5 Å². The average Bonchev–Trinajstić information content (AvgIpc) is 3.25. The molecule has 0 radical (unpaired) electrons. The number of nitrogens with one attached hydrogen (secondary N) is 1. The lowest BCUT2D eigenvalue weighted by Gasteiger charge is -2.29. The monoisotopic (exact) mass is 397 g/mol. The number of aryl methyl sites for hydroxylation is 2. The number of rotatable bonds is 5. The van der Waals surface area contributed by atoms with E-state index in [-0.39, 0.29) is 23.5 Å². The van der Waals surface area contributed by atoms with Crippen LogP contribution in [0.2, 0.25) is 0 Å². The topological polar surface area (TPSA) is 54.5 Å². The number of ether oxygens (including phenoxy) is 1. The van der Waals surface area contributed by atoms with Gasteiger partial charge in [0.2, 0.25) is 5.91 Å². The van der Waals surface area contributed by atoms with Gasteiger partial charge in [0.05, 0.1) is 18.1 Å². The maximum absolute atomic E-state index is 12.3. The van der Waals surface area contributed by atoms with Crippen molar-refractivity contribution in [1.29, 1.82) is 0 Å². The van der Waals surface area contributed by atoms with E-state index in [9.17, 15) is 18.0 Å². The molecule has 5 nitrogen and oxygen atoms in total. The van der Waals surface area contributed by atoms with Crippen molar-refractivity contribution < 1.29 is 22.7 Å². The van der Waals surface area contributed by atoms with Crippen molar-refractivity contribution >= 4 is 11.7 Å². The highest BCUT2D eigenvalue weighted by Gasteiger charge is 2.63. The summed E-state index contributed by atoms with van der Waals surface area (Å²) in [5.41, 5.74) is 1.92. The zero-order valence-electron chi connectivity index (χ0n) is 16.2. The number of nitrogens with zero attached hydrogens (tertiary/aromatic N) is 2. The Bertz CT molecular complexity index is 749. The Hall–Kier alpha value is -1.83. The molecule has 1 amide bonds. The van der Waals surface area contributed by atoms with Crippen LogP contribution in [0.4, 0.5) is 19.0 Å². The average molecular weight is 397 g/mol. The van der Waals surface area contributed by atoms with Crippen LogP contribution in [0.1, 0.15) is 36.9 Å². The van der Waals surface area contributed by atoms with E-state index in [1.54, 1.807) is 0 Å². The van der Waals surface area contributed by atoms with E-state index in [1.807, 2.05) is 13.0 Å². The first-order valence-electron chi connectivity index (χ1n) is 9.87. The van der Waals surface area contributed by atoms with Crippen LogP contribution in [0, 0.1) is 25.7 Å². The number of fused-ring (bicyclic) bond motifs is 1. The Balaban J connectivity index is 1.41. The molecule has 8 heteroatoms. The van der Waals surface area contributed by atoms with E-state index < -0.39 is 24.9 Å². The van der Waals surface area contributed by atoms with Gasteiger partial charge in [-0.05, 0) is 44.4 Å². The molecule has 154 valence electrons. The summed E-state index contributed by atoms with van der Waals surface area (Å²) in [6.45, 7) is 5.99. The van der Waals surface area contributed by atoms with Crippen molar-refractivity contribution in [2.45, 2.75) is 57.4 Å². The summed E-state index contributed by atoms with van der Waals surface area (Å²) >= 11 is 0. The molecule has 3 fully saturated rings. The first kappa shape index (κ1) is 19.5. The number of pyridine rings is 1. The van der Waals surface area contributed by atoms with Crippen LogP contribution in [0.15, 0.2) is 12.1 Å². The molecule has 1 aromatic rings. The molecule has 0 aliphatic carbocycles. The minimum absolute atomic E-state index is 0.0854. The Labute approximate surface area is 162 Å². The van der Waals surface area contributed by atoms with Gasteiger partial charge in [0.25, 0.3) is 0 Å². The molecule has 3 aliphatic rings. The van der Waals surface area contributed by atoms with Crippen molar-refractivity contribution in [1.82, 2.24) is 10.3 Å². The highest BCUT2D eigenvalue weighted by molar-refractivity contribution is 5.75. The molecule has 3 saturated heterocycles. The molecule has 3 aliphatic heterocycles. The number of hydrogen-bond donors (Lipinski definition) is 1. The summed E-state index contributed by atoms with van der Waals surface area (Å²) in [7, 11) is 0. The van der Waals surface area contributed by atoms with Gasteiger partial charge in [-0.15, -0.1) is 0 Å². The van der Waals surface area contributed by atoms with Crippen LogP contribution in [-0.4, -0.2) is 48.4 Å². The quantitative estimate of drug-likeness (QED) is 0.830. The molecule has 1 spiro atoms. The molecule has 2 bridgehead atoms. The van der Waals surface area contributed by atoms with Gasteiger partial charge in [0, 0.05) is 43.6 Å². The van der Waals surface area contributed by atoms with Crippen LogP contribution in [0.3, 0.4) is 0 Å². The summed E-state index contributed by atoms with van der Waals surface area (Å²) in [5.74, 6) is 0.803. The van der Waals surface area contributed by atoms with E-state index in [2.05, 4.69) is 28.2 Å². The Morgan fingerprint density at radius 3 is 2.89 bits per heavy atom. The molecule has 0 saturated carbocycles. The normalized spacial score (nSPS) is 31.3. The van der Waals surface area contributed by atoms with Crippen LogP contribution < -0.4 is 10.2 Å². The second-order valence-corrected chi connectivity index (χ2v) is 8.47. The van der Waals surface area contributed by atoms with E-state index >= 15 is 0 Å². The lowest BCUT2D eigenvalue weighted by Crippen LogP contribution is -2.42. The standard InChI is InChI=1S/C20H26F3N3O2/c1-12-7-13(2)25-17(8-12)26-10-15-14(16-3-5-19(15,11-26)28-16)9-24-18(27)4-6-20(21,22)23/h7-8,14-16H,3-6,9-11H2,1-2H3,(H,24,27)/t14-,15+,16+,19+/m0/s1. The van der Waals surface area contributed by atoms with Gasteiger partial charge < -0.3 is 15.0 Å². The van der Waals surface area contributed by atoms with Crippen molar-refractivity contribution in [3.05, 3.63) is 23.4 Å². The summed E-state index contributed by atoms with van der Waals surface area (Å²) < 4.78 is 43.3. The number of carbonyl (C=O) groups excluding carboxylic acids is 1. The predicted octanol–water partition coefficient (Wildman–Crippen LogP) is 3.14. The van der Waals surface area contributed by atoms with Gasteiger partial charge in [-0.1, -0.05) is 0 Å². The molecule has 4 atom stereocenters. The van der Waals surface area contributed by atoms with Crippen LogP contribution in [-0.2, 0) is 9.53 Å². The predicted molar refractivity (Wildman–Crippen MR) is 98.0 cm³/mol. The number of anilines is 1. The fourth-order valence-electron chi connectivity index (χ4n) is 5.20. The summed E-state index contributed by atoms with van der Waals surface area (Å²) in [5, 5.41) is 2.71. The maximum atomic E-state index is 12.3. The minimum atomic E-state index is -4.30. The zero-order valence-corrected chi connectivity index (χ0v) is 16.2. The molecule has 1 N–H and O–H groups in total. The van der Waals surface area contributed by atoms with E-state index in [0.717, 1.165) is 43.0 Å². The highest BCUT2D eigenvalue weighted by atomic mass is 19.4. The third kappa shape index (κ3) is 3.71. The van der Waals surface area contributed by atoms with Gasteiger partial charge in [0.1, 0.15) is 5.82 Å².